The molecule has 2 aromatic heterocycles. The number of nitrogens with two attached hydrogens (primary N) is 1. The van der Waals surface area contributed by atoms with Crippen molar-refractivity contribution < 1.29 is 4.42 Å². The summed E-state index contributed by atoms with van der Waals surface area (Å²) in [6, 6.07) is 3.84. The number of nitrogens with zero attached hydrogens (tertiary/aromatic N) is 2. The minimum atomic E-state index is 0.0276. The maximum absolute atomic E-state index is 5.57. The predicted molar refractivity (Wildman–Crippen MR) is 60.4 cm³/mol. The fraction of sp³-hybridized carbons (Fsp3) is 0.364. The number of hydrogen-bond acceptors (Lipinski definition) is 4. The van der Waals surface area contributed by atoms with Crippen LogP contribution in [0.5, 0.6) is 0 Å². The van der Waals surface area contributed by atoms with Crippen molar-refractivity contribution in [3.8, 4) is 0 Å². The van der Waals surface area contributed by atoms with Crippen LogP contribution in [-0.2, 0) is 13.5 Å². The molecule has 1 unspecified atom stereocenters. The first-order valence-corrected chi connectivity index (χ1v) is 5.19. The van der Waals surface area contributed by atoms with E-state index in [0.29, 0.717) is 0 Å². The lowest BCUT2D eigenvalue weighted by Crippen LogP contribution is -2.29. The first kappa shape index (κ1) is 10.9. The minimum absolute atomic E-state index is 0.0276. The number of aryl methyl sites for hydroxylation is 2. The van der Waals surface area contributed by atoms with E-state index >= 15 is 0 Å². The topological polar surface area (TPSA) is 69.0 Å². The van der Waals surface area contributed by atoms with E-state index in [4.69, 9.17) is 10.3 Å². The van der Waals surface area contributed by atoms with Gasteiger partial charge in [0, 0.05) is 25.2 Å². The van der Waals surface area contributed by atoms with Gasteiger partial charge in [-0.25, -0.2) is 0 Å². The van der Waals surface area contributed by atoms with Crippen molar-refractivity contribution >= 4 is 0 Å². The van der Waals surface area contributed by atoms with Crippen LogP contribution in [0, 0.1) is 6.92 Å². The molecule has 0 amide bonds. The first-order chi connectivity index (χ1) is 7.70. The van der Waals surface area contributed by atoms with Crippen LogP contribution in [0.2, 0.25) is 0 Å². The molecule has 3 N–H and O–H groups in total. The molecular weight excluding hydrogens is 204 g/mol. The van der Waals surface area contributed by atoms with E-state index in [1.54, 1.807) is 10.9 Å². The number of hydrogen-bond donors (Lipinski definition) is 2. The van der Waals surface area contributed by atoms with Crippen molar-refractivity contribution in [1.82, 2.24) is 15.2 Å². The lowest BCUT2D eigenvalue weighted by molar-refractivity contribution is 0.454. The highest BCUT2D eigenvalue weighted by atomic mass is 16.3. The summed E-state index contributed by atoms with van der Waals surface area (Å²) >= 11 is 0. The molecule has 5 nitrogen and oxygen atoms in total. The molecule has 16 heavy (non-hydrogen) atoms. The standard InChI is InChI=1S/C11H16N4O/c1-8-10(7-15(2)14-8)11(13-12)6-9-4-3-5-16-9/h3-5,7,11,13H,6,12H2,1-2H3. The van der Waals surface area contributed by atoms with Crippen molar-refractivity contribution in [1.29, 1.82) is 0 Å². The van der Waals surface area contributed by atoms with Gasteiger partial charge in [0.25, 0.3) is 0 Å². The van der Waals surface area contributed by atoms with Gasteiger partial charge in [0.05, 0.1) is 18.0 Å². The summed E-state index contributed by atoms with van der Waals surface area (Å²) in [6.45, 7) is 1.97. The monoisotopic (exact) mass is 220 g/mol. The molecule has 0 spiro atoms. The number of hydrazine groups is 1. The molecule has 86 valence electrons. The van der Waals surface area contributed by atoms with Crippen LogP contribution in [0.25, 0.3) is 0 Å². The molecule has 5 heteroatoms. The smallest absolute Gasteiger partial charge is 0.105 e. The van der Waals surface area contributed by atoms with Crippen LogP contribution in [0.15, 0.2) is 29.0 Å². The van der Waals surface area contributed by atoms with E-state index in [9.17, 15) is 0 Å². The van der Waals surface area contributed by atoms with Crippen LogP contribution in [0.3, 0.4) is 0 Å². The van der Waals surface area contributed by atoms with E-state index in [-0.39, 0.29) is 6.04 Å². The highest BCUT2D eigenvalue weighted by Crippen LogP contribution is 2.20. The normalized spacial score (nSPS) is 12.9. The molecule has 2 aromatic rings. The average molecular weight is 220 g/mol. The third kappa shape index (κ3) is 2.15. The summed E-state index contributed by atoms with van der Waals surface area (Å²) in [6.07, 6.45) is 4.36. The Balaban J connectivity index is 2.19. The third-order valence-electron chi connectivity index (χ3n) is 2.61. The van der Waals surface area contributed by atoms with Gasteiger partial charge in [-0.3, -0.25) is 16.0 Å². The van der Waals surface area contributed by atoms with Gasteiger partial charge in [-0.15, -0.1) is 0 Å². The second kappa shape index (κ2) is 4.51. The zero-order chi connectivity index (χ0) is 11.5. The van der Waals surface area contributed by atoms with E-state index in [1.165, 1.54) is 0 Å². The minimum Gasteiger partial charge on any atom is -0.469 e. The molecule has 0 fully saturated rings. The van der Waals surface area contributed by atoms with Crippen molar-refractivity contribution in [2.75, 3.05) is 0 Å². The van der Waals surface area contributed by atoms with Gasteiger partial charge in [-0.05, 0) is 19.1 Å². The molecule has 0 aliphatic heterocycles. The Hall–Kier alpha value is -1.59. The van der Waals surface area contributed by atoms with Crippen LogP contribution >= 0.6 is 0 Å². The Morgan fingerprint density at radius 3 is 2.94 bits per heavy atom. The first-order valence-electron chi connectivity index (χ1n) is 5.19. The highest BCUT2D eigenvalue weighted by Gasteiger charge is 2.16. The van der Waals surface area contributed by atoms with Gasteiger partial charge in [0.1, 0.15) is 5.76 Å². The Kier molecular flexibility index (Phi) is 3.07. The maximum Gasteiger partial charge on any atom is 0.105 e. The zero-order valence-electron chi connectivity index (χ0n) is 9.47. The highest BCUT2D eigenvalue weighted by molar-refractivity contribution is 5.21. The number of aromatic nitrogens is 2. The van der Waals surface area contributed by atoms with Crippen molar-refractivity contribution in [2.24, 2.45) is 12.9 Å². The van der Waals surface area contributed by atoms with Gasteiger partial charge < -0.3 is 4.42 Å². The molecule has 0 aromatic carbocycles. The van der Waals surface area contributed by atoms with Gasteiger partial charge in [-0.1, -0.05) is 0 Å². The number of furan rings is 1. The second-order valence-corrected chi connectivity index (χ2v) is 3.85. The van der Waals surface area contributed by atoms with Crippen LogP contribution in [0.4, 0.5) is 0 Å². The number of nitrogens with one attached hydrogen (secondary N) is 1. The second-order valence-electron chi connectivity index (χ2n) is 3.85. The summed E-state index contributed by atoms with van der Waals surface area (Å²) in [4.78, 5) is 0. The largest absolute Gasteiger partial charge is 0.469 e. The summed E-state index contributed by atoms with van der Waals surface area (Å²) in [5.74, 6) is 6.48. The zero-order valence-corrected chi connectivity index (χ0v) is 9.47. The Bertz CT molecular complexity index is 447. The van der Waals surface area contributed by atoms with E-state index in [1.807, 2.05) is 32.3 Å². The van der Waals surface area contributed by atoms with Crippen molar-refractivity contribution in [2.45, 2.75) is 19.4 Å². The van der Waals surface area contributed by atoms with E-state index in [0.717, 1.165) is 23.4 Å². The molecule has 0 aliphatic carbocycles. The Morgan fingerprint density at radius 1 is 1.62 bits per heavy atom. The molecule has 0 bridgehead atoms. The van der Waals surface area contributed by atoms with Crippen molar-refractivity contribution in [3.05, 3.63) is 41.6 Å². The summed E-state index contributed by atoms with van der Waals surface area (Å²) in [5.41, 5.74) is 4.88. The molecular formula is C11H16N4O. The average Bonchev–Trinajstić information content (AvgIpc) is 2.85. The van der Waals surface area contributed by atoms with Gasteiger partial charge in [-0.2, -0.15) is 5.10 Å². The van der Waals surface area contributed by atoms with Crippen LogP contribution in [-0.4, -0.2) is 9.78 Å². The SMILES string of the molecule is Cc1nn(C)cc1C(Cc1ccco1)NN. The lowest BCUT2D eigenvalue weighted by atomic mass is 10.0. The maximum atomic E-state index is 5.57. The van der Waals surface area contributed by atoms with Crippen molar-refractivity contribution in [3.63, 3.8) is 0 Å². The Morgan fingerprint density at radius 2 is 2.44 bits per heavy atom. The quantitative estimate of drug-likeness (QED) is 0.597. The van der Waals surface area contributed by atoms with E-state index < -0.39 is 0 Å². The third-order valence-corrected chi connectivity index (χ3v) is 2.61. The molecule has 1 atom stereocenters. The number of rotatable bonds is 4. The van der Waals surface area contributed by atoms with Gasteiger partial charge in [0.2, 0.25) is 0 Å². The van der Waals surface area contributed by atoms with E-state index in [2.05, 4.69) is 10.5 Å². The predicted octanol–water partition coefficient (Wildman–Crippen LogP) is 1.07. The molecule has 2 heterocycles. The fourth-order valence-electron chi connectivity index (χ4n) is 1.85. The lowest BCUT2D eigenvalue weighted by Gasteiger charge is -2.13. The summed E-state index contributed by atoms with van der Waals surface area (Å²) in [7, 11) is 1.90. The molecule has 0 radical (unpaired) electrons. The summed E-state index contributed by atoms with van der Waals surface area (Å²) in [5, 5.41) is 4.30. The molecule has 2 rings (SSSR count). The van der Waals surface area contributed by atoms with Gasteiger partial charge in [0.15, 0.2) is 0 Å². The molecule has 0 saturated carbocycles. The summed E-state index contributed by atoms with van der Waals surface area (Å²) < 4.78 is 7.10. The van der Waals surface area contributed by atoms with Gasteiger partial charge >= 0.3 is 0 Å². The van der Waals surface area contributed by atoms with Crippen LogP contribution < -0.4 is 11.3 Å². The van der Waals surface area contributed by atoms with Crippen LogP contribution in [0.1, 0.15) is 23.1 Å². The molecule has 0 saturated heterocycles. The Labute approximate surface area is 94.2 Å². The fourth-order valence-corrected chi connectivity index (χ4v) is 1.85. The molecule has 0 aliphatic rings.